The highest BCUT2D eigenvalue weighted by Crippen LogP contribution is 2.39. The second-order valence-electron chi connectivity index (χ2n) is 6.63. The number of nitrogens with zero attached hydrogens (tertiary/aromatic N) is 2. The molecule has 1 heterocycles. The minimum Gasteiger partial charge on any atom is -0.490 e. The number of hydrogen-bond acceptors (Lipinski definition) is 9. The van der Waals surface area contributed by atoms with Crippen molar-refractivity contribution in [2.24, 2.45) is 0 Å². The SMILES string of the molecule is CCOc1cc(C(=O)Nc2nnc(CS(=O)(=O)c3ccccc3)s2)cc(OCC)c1OCC. The van der Waals surface area contributed by atoms with Gasteiger partial charge in [0.15, 0.2) is 21.3 Å². The third kappa shape index (κ3) is 6.20. The average molecular weight is 492 g/mol. The molecule has 0 saturated carbocycles. The molecule has 9 nitrogen and oxygen atoms in total. The number of benzene rings is 2. The van der Waals surface area contributed by atoms with Gasteiger partial charge in [0.1, 0.15) is 10.8 Å². The van der Waals surface area contributed by atoms with E-state index in [9.17, 15) is 13.2 Å². The fraction of sp³-hybridized carbons (Fsp3) is 0.318. The topological polar surface area (TPSA) is 117 Å². The molecule has 1 N–H and O–H groups in total. The monoisotopic (exact) mass is 491 g/mol. The lowest BCUT2D eigenvalue weighted by Gasteiger charge is -2.16. The Morgan fingerprint density at radius 2 is 1.55 bits per heavy atom. The molecule has 176 valence electrons. The summed E-state index contributed by atoms with van der Waals surface area (Å²) >= 11 is 0.997. The summed E-state index contributed by atoms with van der Waals surface area (Å²) in [7, 11) is -3.57. The molecule has 3 rings (SSSR count). The Morgan fingerprint density at radius 3 is 2.12 bits per heavy atom. The first-order chi connectivity index (χ1) is 15.9. The van der Waals surface area contributed by atoms with Crippen molar-refractivity contribution >= 4 is 32.2 Å². The Kier molecular flexibility index (Phi) is 8.23. The molecular formula is C22H25N3O6S2. The minimum absolute atomic E-state index is 0.183. The Hall–Kier alpha value is -3.18. The maximum Gasteiger partial charge on any atom is 0.257 e. The van der Waals surface area contributed by atoms with Gasteiger partial charge >= 0.3 is 0 Å². The van der Waals surface area contributed by atoms with Crippen molar-refractivity contribution < 1.29 is 27.4 Å². The fourth-order valence-electron chi connectivity index (χ4n) is 2.93. The molecule has 1 amide bonds. The van der Waals surface area contributed by atoms with Gasteiger partial charge in [-0.15, -0.1) is 10.2 Å². The highest BCUT2D eigenvalue weighted by molar-refractivity contribution is 7.90. The van der Waals surface area contributed by atoms with Gasteiger partial charge in [-0.2, -0.15) is 0 Å². The third-order valence-corrected chi connectivity index (χ3v) is 6.94. The number of carbonyl (C=O) groups is 1. The minimum atomic E-state index is -3.57. The van der Waals surface area contributed by atoms with Crippen LogP contribution in [0.3, 0.4) is 0 Å². The molecule has 0 aliphatic carbocycles. The number of rotatable bonds is 11. The number of sulfone groups is 1. The van der Waals surface area contributed by atoms with E-state index in [1.54, 1.807) is 30.3 Å². The second kappa shape index (κ2) is 11.1. The van der Waals surface area contributed by atoms with Crippen molar-refractivity contribution in [2.75, 3.05) is 25.1 Å². The molecule has 2 aromatic carbocycles. The molecule has 0 atom stereocenters. The molecule has 0 saturated heterocycles. The first-order valence-corrected chi connectivity index (χ1v) is 12.8. The van der Waals surface area contributed by atoms with Crippen molar-refractivity contribution in [2.45, 2.75) is 31.4 Å². The summed E-state index contributed by atoms with van der Waals surface area (Å²) in [4.78, 5) is 13.1. The van der Waals surface area contributed by atoms with Crippen LogP contribution in [0.25, 0.3) is 0 Å². The molecular weight excluding hydrogens is 466 g/mol. The van der Waals surface area contributed by atoms with Crippen molar-refractivity contribution in [1.29, 1.82) is 0 Å². The van der Waals surface area contributed by atoms with Gasteiger partial charge < -0.3 is 14.2 Å². The predicted molar refractivity (Wildman–Crippen MR) is 125 cm³/mol. The zero-order valence-electron chi connectivity index (χ0n) is 18.5. The van der Waals surface area contributed by atoms with E-state index in [0.717, 1.165) is 11.3 Å². The maximum atomic E-state index is 12.9. The van der Waals surface area contributed by atoms with E-state index >= 15 is 0 Å². The van der Waals surface area contributed by atoms with E-state index in [1.807, 2.05) is 20.8 Å². The van der Waals surface area contributed by atoms with Crippen molar-refractivity contribution in [3.63, 3.8) is 0 Å². The standard InChI is InChI=1S/C22H25N3O6S2/c1-4-29-17-12-15(13-18(30-5-2)20(17)31-6-3)21(26)23-22-25-24-19(32-22)14-33(27,28)16-10-8-7-9-11-16/h7-13H,4-6,14H2,1-3H3,(H,23,25,26). The normalized spacial score (nSPS) is 11.1. The number of anilines is 1. The number of aromatic nitrogens is 2. The van der Waals surface area contributed by atoms with Crippen LogP contribution in [0.4, 0.5) is 5.13 Å². The van der Waals surface area contributed by atoms with Crippen LogP contribution in [0.5, 0.6) is 17.2 Å². The molecule has 33 heavy (non-hydrogen) atoms. The summed E-state index contributed by atoms with van der Waals surface area (Å²) in [5.41, 5.74) is 0.277. The van der Waals surface area contributed by atoms with Crippen molar-refractivity contribution in [3.8, 4) is 17.2 Å². The van der Waals surface area contributed by atoms with Gasteiger partial charge in [0.05, 0.1) is 24.7 Å². The second-order valence-corrected chi connectivity index (χ2v) is 9.68. The van der Waals surface area contributed by atoms with Gasteiger partial charge in [0.25, 0.3) is 5.91 Å². The number of amides is 1. The molecule has 0 aliphatic heterocycles. The zero-order valence-corrected chi connectivity index (χ0v) is 20.2. The summed E-state index contributed by atoms with van der Waals surface area (Å²) in [5, 5.41) is 10.9. The molecule has 0 fully saturated rings. The van der Waals surface area contributed by atoms with Crippen LogP contribution >= 0.6 is 11.3 Å². The Labute approximate surface area is 196 Å². The summed E-state index contributed by atoms with van der Waals surface area (Å²) in [5.74, 6) is 0.441. The highest BCUT2D eigenvalue weighted by Gasteiger charge is 2.21. The van der Waals surface area contributed by atoms with E-state index in [4.69, 9.17) is 14.2 Å². The molecule has 0 spiro atoms. The molecule has 3 aromatic rings. The van der Waals surface area contributed by atoms with Crippen LogP contribution in [0.2, 0.25) is 0 Å². The first kappa shape index (κ1) is 24.5. The quantitative estimate of drug-likeness (QED) is 0.428. The maximum absolute atomic E-state index is 12.9. The summed E-state index contributed by atoms with van der Waals surface area (Å²) < 4.78 is 42.0. The molecule has 0 bridgehead atoms. The molecule has 0 radical (unpaired) electrons. The van der Waals surface area contributed by atoms with E-state index in [0.29, 0.717) is 37.1 Å². The number of nitrogens with one attached hydrogen (secondary N) is 1. The zero-order chi connectivity index (χ0) is 23.8. The van der Waals surface area contributed by atoms with Gasteiger partial charge in [-0.3, -0.25) is 10.1 Å². The number of ether oxygens (including phenoxy) is 3. The average Bonchev–Trinajstić information content (AvgIpc) is 3.22. The highest BCUT2D eigenvalue weighted by atomic mass is 32.2. The van der Waals surface area contributed by atoms with Crippen LogP contribution in [0.1, 0.15) is 36.1 Å². The Bertz CT molecular complexity index is 1170. The van der Waals surface area contributed by atoms with Crippen LogP contribution < -0.4 is 19.5 Å². The fourth-order valence-corrected chi connectivity index (χ4v) is 5.28. The Morgan fingerprint density at radius 1 is 0.939 bits per heavy atom. The summed E-state index contributed by atoms with van der Waals surface area (Å²) in [6.45, 7) is 6.67. The largest absolute Gasteiger partial charge is 0.490 e. The van der Waals surface area contributed by atoms with Crippen molar-refractivity contribution in [1.82, 2.24) is 10.2 Å². The lowest BCUT2D eigenvalue weighted by atomic mass is 10.1. The molecule has 0 unspecified atom stereocenters. The number of hydrogen-bond donors (Lipinski definition) is 1. The van der Waals surface area contributed by atoms with Crippen molar-refractivity contribution in [3.05, 3.63) is 53.0 Å². The van der Waals surface area contributed by atoms with Crippen LogP contribution in [-0.2, 0) is 15.6 Å². The van der Waals surface area contributed by atoms with E-state index < -0.39 is 15.7 Å². The van der Waals surface area contributed by atoms with Gasteiger partial charge in [-0.1, -0.05) is 29.5 Å². The molecule has 0 aliphatic rings. The van der Waals surface area contributed by atoms with Gasteiger partial charge in [0.2, 0.25) is 10.9 Å². The Balaban J connectivity index is 1.79. The predicted octanol–water partition coefficient (Wildman–Crippen LogP) is 3.96. The molecule has 1 aromatic heterocycles. The van der Waals surface area contributed by atoms with E-state index in [-0.39, 0.29) is 26.4 Å². The first-order valence-electron chi connectivity index (χ1n) is 10.4. The van der Waals surface area contributed by atoms with Gasteiger partial charge in [0, 0.05) is 5.56 Å². The van der Waals surface area contributed by atoms with Crippen LogP contribution in [0, 0.1) is 0 Å². The van der Waals surface area contributed by atoms with Crippen LogP contribution in [-0.4, -0.2) is 44.3 Å². The smallest absolute Gasteiger partial charge is 0.257 e. The molecule has 11 heteroatoms. The summed E-state index contributed by atoms with van der Waals surface area (Å²) in [6.07, 6.45) is 0. The summed E-state index contributed by atoms with van der Waals surface area (Å²) in [6, 6.07) is 11.2. The van der Waals surface area contributed by atoms with E-state index in [2.05, 4.69) is 15.5 Å². The van der Waals surface area contributed by atoms with E-state index in [1.165, 1.54) is 12.1 Å². The number of carbonyl (C=O) groups excluding carboxylic acids is 1. The van der Waals surface area contributed by atoms with Gasteiger partial charge in [-0.25, -0.2) is 8.42 Å². The lowest BCUT2D eigenvalue weighted by Crippen LogP contribution is -2.13. The van der Waals surface area contributed by atoms with Crippen LogP contribution in [0.15, 0.2) is 47.4 Å². The van der Waals surface area contributed by atoms with Gasteiger partial charge in [-0.05, 0) is 45.0 Å². The lowest BCUT2D eigenvalue weighted by molar-refractivity contribution is 0.102. The third-order valence-electron chi connectivity index (χ3n) is 4.27.